The summed E-state index contributed by atoms with van der Waals surface area (Å²) in [6.45, 7) is 9.28. The van der Waals surface area contributed by atoms with Gasteiger partial charge >= 0.3 is 0 Å². The third-order valence-electron chi connectivity index (χ3n) is 7.20. The molecule has 1 atom stereocenters. The standard InChI is InChI=1S/C26H38N6O2/c1-25(2)10-13-31(14-11-25)16-20-5-7-21(8-6-20)24(33)28-17-26(34)9-4-12-32(18-26)23-15-22(27-3)29-19-30-23/h5-8,15,19,34H,4,9-14,16-18H2,1-3H3,(H,28,33)(H,27,29,30). The highest BCUT2D eigenvalue weighted by Gasteiger charge is 2.34. The fraction of sp³-hybridized carbons (Fsp3) is 0.577. The van der Waals surface area contributed by atoms with Crippen LogP contribution in [0.5, 0.6) is 0 Å². The van der Waals surface area contributed by atoms with Crippen molar-refractivity contribution in [2.24, 2.45) is 5.41 Å². The molecule has 4 rings (SSSR count). The van der Waals surface area contributed by atoms with Crippen molar-refractivity contribution < 1.29 is 9.90 Å². The molecule has 0 bridgehead atoms. The molecule has 2 saturated heterocycles. The number of β-amino-alcohol motifs (C(OH)–C–C–N with tert-alkyl or cyclic N) is 1. The summed E-state index contributed by atoms with van der Waals surface area (Å²) in [5, 5.41) is 17.1. The Labute approximate surface area is 202 Å². The minimum Gasteiger partial charge on any atom is -0.386 e. The second-order valence-electron chi connectivity index (χ2n) is 10.6. The molecule has 8 heteroatoms. The third-order valence-corrected chi connectivity index (χ3v) is 7.20. The number of rotatable bonds is 7. The maximum absolute atomic E-state index is 12.8. The van der Waals surface area contributed by atoms with Gasteiger partial charge in [0.2, 0.25) is 0 Å². The van der Waals surface area contributed by atoms with Gasteiger partial charge < -0.3 is 20.6 Å². The van der Waals surface area contributed by atoms with Gasteiger partial charge in [0, 0.05) is 44.9 Å². The summed E-state index contributed by atoms with van der Waals surface area (Å²) >= 11 is 0. The zero-order chi connectivity index (χ0) is 24.2. The fourth-order valence-electron chi connectivity index (χ4n) is 4.79. The summed E-state index contributed by atoms with van der Waals surface area (Å²) in [5.74, 6) is 1.35. The summed E-state index contributed by atoms with van der Waals surface area (Å²) < 4.78 is 0. The largest absolute Gasteiger partial charge is 0.386 e. The Morgan fingerprint density at radius 1 is 1.09 bits per heavy atom. The summed E-state index contributed by atoms with van der Waals surface area (Å²) in [5.41, 5.74) is 1.29. The molecule has 1 amide bonds. The van der Waals surface area contributed by atoms with E-state index in [9.17, 15) is 9.90 Å². The minimum atomic E-state index is -0.999. The number of aliphatic hydroxyl groups is 1. The number of hydrogen-bond donors (Lipinski definition) is 3. The van der Waals surface area contributed by atoms with Crippen molar-refractivity contribution in [3.63, 3.8) is 0 Å². The predicted octanol–water partition coefficient (Wildman–Crippen LogP) is 2.90. The average molecular weight is 467 g/mol. The number of benzene rings is 1. The lowest BCUT2D eigenvalue weighted by Gasteiger charge is -2.39. The zero-order valence-electron chi connectivity index (χ0n) is 20.7. The maximum Gasteiger partial charge on any atom is 0.251 e. The van der Waals surface area contributed by atoms with Crippen LogP contribution in [0.2, 0.25) is 0 Å². The highest BCUT2D eigenvalue weighted by Crippen LogP contribution is 2.30. The topological polar surface area (TPSA) is 93.6 Å². The van der Waals surface area contributed by atoms with E-state index >= 15 is 0 Å². The number of nitrogens with one attached hydrogen (secondary N) is 2. The Kier molecular flexibility index (Phi) is 7.38. The Hall–Kier alpha value is -2.71. The molecule has 8 nitrogen and oxygen atoms in total. The summed E-state index contributed by atoms with van der Waals surface area (Å²) in [7, 11) is 1.81. The highest BCUT2D eigenvalue weighted by atomic mass is 16.3. The van der Waals surface area contributed by atoms with Crippen LogP contribution in [-0.4, -0.2) is 71.3 Å². The van der Waals surface area contributed by atoms with Gasteiger partial charge in [-0.1, -0.05) is 26.0 Å². The number of likely N-dealkylation sites (tertiary alicyclic amines) is 1. The molecule has 1 aromatic carbocycles. The number of anilines is 2. The molecule has 2 aliphatic heterocycles. The van der Waals surface area contributed by atoms with E-state index in [0.717, 1.165) is 44.2 Å². The van der Waals surface area contributed by atoms with E-state index in [4.69, 9.17) is 0 Å². The normalized spacial score (nSPS) is 22.9. The van der Waals surface area contributed by atoms with Crippen molar-refractivity contribution >= 4 is 17.5 Å². The van der Waals surface area contributed by atoms with Gasteiger partial charge in [-0.25, -0.2) is 9.97 Å². The van der Waals surface area contributed by atoms with Crippen molar-refractivity contribution in [2.45, 2.75) is 51.7 Å². The van der Waals surface area contributed by atoms with Crippen LogP contribution in [0.15, 0.2) is 36.7 Å². The molecule has 184 valence electrons. The highest BCUT2D eigenvalue weighted by molar-refractivity contribution is 5.94. The molecule has 2 aromatic rings. The number of amides is 1. The van der Waals surface area contributed by atoms with Crippen molar-refractivity contribution in [3.8, 4) is 0 Å². The lowest BCUT2D eigenvalue weighted by Crippen LogP contribution is -2.54. The number of hydrogen-bond acceptors (Lipinski definition) is 7. The molecule has 0 spiro atoms. The number of piperidine rings is 2. The minimum absolute atomic E-state index is 0.156. The first-order valence-corrected chi connectivity index (χ1v) is 12.3. The third kappa shape index (κ3) is 6.24. The molecule has 0 radical (unpaired) electrons. The summed E-state index contributed by atoms with van der Waals surface area (Å²) in [4.78, 5) is 25.8. The lowest BCUT2D eigenvalue weighted by atomic mass is 9.82. The molecule has 0 aliphatic carbocycles. The van der Waals surface area contributed by atoms with E-state index in [1.54, 1.807) is 0 Å². The molecule has 3 heterocycles. The molecule has 1 aromatic heterocycles. The van der Waals surface area contributed by atoms with Crippen molar-refractivity contribution in [1.29, 1.82) is 0 Å². The van der Waals surface area contributed by atoms with E-state index in [-0.39, 0.29) is 12.5 Å². The van der Waals surface area contributed by atoms with Gasteiger partial charge in [-0.05, 0) is 61.9 Å². The molecule has 1 unspecified atom stereocenters. The molecule has 34 heavy (non-hydrogen) atoms. The van der Waals surface area contributed by atoms with E-state index in [2.05, 4.69) is 44.2 Å². The Bertz CT molecular complexity index is 970. The van der Waals surface area contributed by atoms with Gasteiger partial charge in [-0.2, -0.15) is 0 Å². The van der Waals surface area contributed by atoms with Crippen molar-refractivity contribution in [2.75, 3.05) is 50.0 Å². The number of aromatic nitrogens is 2. The lowest BCUT2D eigenvalue weighted by molar-refractivity contribution is 0.0254. The smallest absolute Gasteiger partial charge is 0.251 e. The predicted molar refractivity (Wildman–Crippen MR) is 135 cm³/mol. The van der Waals surface area contributed by atoms with Crippen LogP contribution < -0.4 is 15.5 Å². The van der Waals surface area contributed by atoms with Crippen molar-refractivity contribution in [3.05, 3.63) is 47.8 Å². The van der Waals surface area contributed by atoms with E-state index < -0.39 is 5.60 Å². The first-order chi connectivity index (χ1) is 16.3. The molecule has 0 saturated carbocycles. The number of nitrogens with zero attached hydrogens (tertiary/aromatic N) is 4. The van der Waals surface area contributed by atoms with E-state index in [1.165, 1.54) is 24.7 Å². The summed E-state index contributed by atoms with van der Waals surface area (Å²) in [6.07, 6.45) is 5.43. The van der Waals surface area contributed by atoms with E-state index in [1.807, 2.05) is 37.4 Å². The van der Waals surface area contributed by atoms with Gasteiger partial charge in [0.25, 0.3) is 5.91 Å². The van der Waals surface area contributed by atoms with Crippen LogP contribution in [0.4, 0.5) is 11.6 Å². The van der Waals surface area contributed by atoms with Gasteiger partial charge in [0.05, 0.1) is 5.60 Å². The Balaban J connectivity index is 1.29. The monoisotopic (exact) mass is 466 g/mol. The summed E-state index contributed by atoms with van der Waals surface area (Å²) in [6, 6.07) is 9.73. The van der Waals surface area contributed by atoms with Gasteiger partial charge in [0.15, 0.2) is 0 Å². The molecule has 3 N–H and O–H groups in total. The second-order valence-corrected chi connectivity index (χ2v) is 10.6. The molecular weight excluding hydrogens is 428 g/mol. The Morgan fingerprint density at radius 2 is 1.82 bits per heavy atom. The molecule has 2 aliphatic rings. The quantitative estimate of drug-likeness (QED) is 0.578. The van der Waals surface area contributed by atoms with Crippen LogP contribution in [0.1, 0.15) is 55.5 Å². The van der Waals surface area contributed by atoms with Crippen LogP contribution in [0, 0.1) is 5.41 Å². The van der Waals surface area contributed by atoms with Crippen LogP contribution in [0.3, 0.4) is 0 Å². The SMILES string of the molecule is CNc1cc(N2CCCC(O)(CNC(=O)c3ccc(CN4CCC(C)(C)CC4)cc3)C2)ncn1. The van der Waals surface area contributed by atoms with Crippen molar-refractivity contribution in [1.82, 2.24) is 20.2 Å². The number of carbonyl (C=O) groups is 1. The number of carbonyl (C=O) groups excluding carboxylic acids is 1. The Morgan fingerprint density at radius 3 is 2.53 bits per heavy atom. The van der Waals surface area contributed by atoms with Crippen LogP contribution in [-0.2, 0) is 6.54 Å². The first-order valence-electron chi connectivity index (χ1n) is 12.3. The second kappa shape index (κ2) is 10.3. The average Bonchev–Trinajstić information content (AvgIpc) is 2.84. The van der Waals surface area contributed by atoms with Crippen LogP contribution >= 0.6 is 0 Å². The van der Waals surface area contributed by atoms with Gasteiger partial charge in [0.1, 0.15) is 18.0 Å². The maximum atomic E-state index is 12.8. The van der Waals surface area contributed by atoms with Gasteiger partial charge in [-0.15, -0.1) is 0 Å². The zero-order valence-corrected chi connectivity index (χ0v) is 20.7. The first kappa shape index (κ1) is 24.4. The molecular formula is C26H38N6O2. The fourth-order valence-corrected chi connectivity index (χ4v) is 4.79. The van der Waals surface area contributed by atoms with E-state index in [0.29, 0.717) is 23.9 Å². The molecule has 2 fully saturated rings. The van der Waals surface area contributed by atoms with Gasteiger partial charge in [-0.3, -0.25) is 9.69 Å². The van der Waals surface area contributed by atoms with Crippen LogP contribution in [0.25, 0.3) is 0 Å².